The molecule has 5 nitrogen and oxygen atoms in total. The lowest BCUT2D eigenvalue weighted by Gasteiger charge is -2.41. The zero-order valence-electron chi connectivity index (χ0n) is 20.0. The van der Waals surface area contributed by atoms with Gasteiger partial charge in [0.2, 0.25) is 11.8 Å². The van der Waals surface area contributed by atoms with Crippen molar-refractivity contribution < 1.29 is 9.59 Å². The number of amides is 2. The molecule has 2 aromatic carbocycles. The van der Waals surface area contributed by atoms with Crippen LogP contribution in [0, 0.1) is 12.8 Å². The summed E-state index contributed by atoms with van der Waals surface area (Å²) in [6, 6.07) is 14.2. The van der Waals surface area contributed by atoms with Gasteiger partial charge in [-0.25, -0.2) is 0 Å². The van der Waals surface area contributed by atoms with E-state index in [9.17, 15) is 9.59 Å². The highest BCUT2D eigenvalue weighted by Crippen LogP contribution is 2.35. The number of piperazine rings is 1. The van der Waals surface area contributed by atoms with Crippen molar-refractivity contribution in [1.82, 2.24) is 9.80 Å². The topological polar surface area (TPSA) is 43.9 Å². The van der Waals surface area contributed by atoms with Crippen LogP contribution in [0.1, 0.15) is 54.7 Å². The molecular formula is C28H34ClN3O2. The molecule has 0 radical (unpaired) electrons. The van der Waals surface area contributed by atoms with Gasteiger partial charge in [0, 0.05) is 55.9 Å². The van der Waals surface area contributed by atoms with Gasteiger partial charge in [0.1, 0.15) is 0 Å². The number of carbonyl (C=O) groups excluding carboxylic acids is 2. The van der Waals surface area contributed by atoms with Gasteiger partial charge in [-0.3, -0.25) is 9.59 Å². The van der Waals surface area contributed by atoms with Crippen LogP contribution in [-0.2, 0) is 16.1 Å². The predicted molar refractivity (Wildman–Crippen MR) is 136 cm³/mol. The number of aryl methyl sites for hydroxylation is 1. The Balaban J connectivity index is 1.33. The van der Waals surface area contributed by atoms with E-state index in [1.165, 1.54) is 17.7 Å². The zero-order chi connectivity index (χ0) is 23.7. The molecule has 6 heteroatoms. The van der Waals surface area contributed by atoms with Crippen molar-refractivity contribution in [2.75, 3.05) is 37.6 Å². The lowest BCUT2D eigenvalue weighted by atomic mass is 9.85. The summed E-state index contributed by atoms with van der Waals surface area (Å²) in [5.41, 5.74) is 4.55. The largest absolute Gasteiger partial charge is 0.368 e. The fourth-order valence-electron chi connectivity index (χ4n) is 5.93. The van der Waals surface area contributed by atoms with Crippen molar-refractivity contribution in [3.8, 4) is 0 Å². The van der Waals surface area contributed by atoms with Crippen LogP contribution in [0.2, 0.25) is 5.02 Å². The van der Waals surface area contributed by atoms with E-state index >= 15 is 0 Å². The summed E-state index contributed by atoms with van der Waals surface area (Å²) in [4.78, 5) is 33.5. The van der Waals surface area contributed by atoms with Crippen LogP contribution in [0.4, 0.5) is 5.69 Å². The van der Waals surface area contributed by atoms with Crippen LogP contribution in [-0.4, -0.2) is 54.3 Å². The molecule has 0 bridgehead atoms. The van der Waals surface area contributed by atoms with Gasteiger partial charge >= 0.3 is 0 Å². The highest BCUT2D eigenvalue weighted by Gasteiger charge is 2.37. The average molecular weight is 480 g/mol. The number of carbonyl (C=O) groups is 2. The molecule has 34 heavy (non-hydrogen) atoms. The van der Waals surface area contributed by atoms with E-state index in [2.05, 4.69) is 36.1 Å². The zero-order valence-corrected chi connectivity index (χ0v) is 20.8. The molecule has 1 unspecified atom stereocenters. The molecule has 2 aromatic rings. The van der Waals surface area contributed by atoms with Crippen molar-refractivity contribution in [3.63, 3.8) is 0 Å². The number of fused-ring (bicyclic) bond motifs is 1. The number of benzene rings is 2. The van der Waals surface area contributed by atoms with Gasteiger partial charge in [-0.1, -0.05) is 55.1 Å². The second kappa shape index (κ2) is 9.99. The van der Waals surface area contributed by atoms with Crippen molar-refractivity contribution in [3.05, 3.63) is 64.2 Å². The Morgan fingerprint density at radius 2 is 1.62 bits per heavy atom. The fraction of sp³-hybridized carbons (Fsp3) is 0.500. The Labute approximate surface area is 207 Å². The Bertz CT molecular complexity index is 1060. The third-order valence-electron chi connectivity index (χ3n) is 7.86. The lowest BCUT2D eigenvalue weighted by molar-refractivity contribution is -0.140. The van der Waals surface area contributed by atoms with Crippen LogP contribution in [0.3, 0.4) is 0 Å². The molecule has 0 aromatic heterocycles. The van der Waals surface area contributed by atoms with E-state index in [4.69, 9.17) is 11.6 Å². The molecule has 3 aliphatic rings. The minimum absolute atomic E-state index is 0.0999. The Hall–Kier alpha value is -2.53. The van der Waals surface area contributed by atoms with Crippen LogP contribution in [0.5, 0.6) is 0 Å². The third-order valence-corrected chi connectivity index (χ3v) is 8.09. The number of halogens is 1. The second-order valence-electron chi connectivity index (χ2n) is 10.0. The molecule has 1 atom stereocenters. The van der Waals surface area contributed by atoms with E-state index in [0.717, 1.165) is 49.9 Å². The molecule has 1 saturated heterocycles. The molecule has 0 spiro atoms. The van der Waals surface area contributed by atoms with Gasteiger partial charge in [0.15, 0.2) is 0 Å². The summed E-state index contributed by atoms with van der Waals surface area (Å²) in [6.45, 7) is 6.20. The van der Waals surface area contributed by atoms with Crippen molar-refractivity contribution in [1.29, 1.82) is 0 Å². The molecule has 2 fully saturated rings. The molecule has 0 N–H and O–H groups in total. The quantitative estimate of drug-likeness (QED) is 0.622. The molecule has 180 valence electrons. The molecule has 2 heterocycles. The molecule has 2 amide bonds. The van der Waals surface area contributed by atoms with Gasteiger partial charge in [0.05, 0.1) is 5.92 Å². The molecule has 1 aliphatic carbocycles. The normalized spacial score (nSPS) is 21.4. The van der Waals surface area contributed by atoms with Crippen molar-refractivity contribution >= 4 is 29.1 Å². The summed E-state index contributed by atoms with van der Waals surface area (Å²) >= 11 is 6.31. The molecular weight excluding hydrogens is 446 g/mol. The van der Waals surface area contributed by atoms with Gasteiger partial charge in [-0.15, -0.1) is 0 Å². The number of rotatable bonds is 3. The summed E-state index contributed by atoms with van der Waals surface area (Å²) in [5, 5.41) is 0.656. The molecule has 2 aliphatic heterocycles. The van der Waals surface area contributed by atoms with E-state index in [-0.39, 0.29) is 23.7 Å². The van der Waals surface area contributed by atoms with Crippen LogP contribution < -0.4 is 4.90 Å². The van der Waals surface area contributed by atoms with E-state index in [1.807, 2.05) is 28.0 Å². The second-order valence-corrected chi connectivity index (χ2v) is 10.5. The monoisotopic (exact) mass is 479 g/mol. The fourth-order valence-corrected chi connectivity index (χ4v) is 6.13. The van der Waals surface area contributed by atoms with Crippen LogP contribution in [0.25, 0.3) is 0 Å². The summed E-state index contributed by atoms with van der Waals surface area (Å²) in [7, 11) is 0. The van der Waals surface area contributed by atoms with E-state index < -0.39 is 0 Å². The third kappa shape index (κ3) is 4.68. The van der Waals surface area contributed by atoms with E-state index in [1.54, 1.807) is 0 Å². The highest BCUT2D eigenvalue weighted by molar-refractivity contribution is 6.30. The van der Waals surface area contributed by atoms with Crippen LogP contribution >= 0.6 is 11.6 Å². The average Bonchev–Trinajstić information content (AvgIpc) is 2.88. The smallest absolute Gasteiger partial charge is 0.232 e. The van der Waals surface area contributed by atoms with Gasteiger partial charge in [0.25, 0.3) is 0 Å². The lowest BCUT2D eigenvalue weighted by Crippen LogP contribution is -2.52. The SMILES string of the molecule is Cc1ccccc1N1CCN(C(=O)C2CN(C(=O)C3CCCCC3)Cc3cc(Cl)ccc32)CC1. The Morgan fingerprint density at radius 3 is 2.35 bits per heavy atom. The van der Waals surface area contributed by atoms with Crippen LogP contribution in [0.15, 0.2) is 42.5 Å². The number of nitrogens with zero attached hydrogens (tertiary/aromatic N) is 3. The van der Waals surface area contributed by atoms with Gasteiger partial charge in [-0.2, -0.15) is 0 Å². The first-order valence-corrected chi connectivity index (χ1v) is 13.1. The Morgan fingerprint density at radius 1 is 0.882 bits per heavy atom. The first kappa shape index (κ1) is 23.2. The highest BCUT2D eigenvalue weighted by atomic mass is 35.5. The number of para-hydroxylation sites is 1. The van der Waals surface area contributed by atoms with E-state index in [0.29, 0.717) is 31.2 Å². The number of anilines is 1. The maximum Gasteiger partial charge on any atom is 0.232 e. The minimum Gasteiger partial charge on any atom is -0.368 e. The van der Waals surface area contributed by atoms with Gasteiger partial charge < -0.3 is 14.7 Å². The number of hydrogen-bond donors (Lipinski definition) is 0. The van der Waals surface area contributed by atoms with Crippen molar-refractivity contribution in [2.45, 2.75) is 51.5 Å². The standard InChI is InChI=1S/C28H34ClN3O2/c1-20-7-5-6-10-26(20)30-13-15-31(16-14-30)28(34)25-19-32(27(33)21-8-3-2-4-9-21)18-22-17-23(29)11-12-24(22)25/h5-7,10-12,17,21,25H,2-4,8-9,13-16,18-19H2,1H3. The summed E-state index contributed by atoms with van der Waals surface area (Å²) in [6.07, 6.45) is 5.41. The summed E-state index contributed by atoms with van der Waals surface area (Å²) in [5.74, 6) is 0.128. The molecule has 5 rings (SSSR count). The van der Waals surface area contributed by atoms with Crippen molar-refractivity contribution in [2.24, 2.45) is 5.92 Å². The maximum atomic E-state index is 13.8. The Kier molecular flexibility index (Phi) is 6.82. The molecule has 1 saturated carbocycles. The summed E-state index contributed by atoms with van der Waals surface area (Å²) < 4.78 is 0. The van der Waals surface area contributed by atoms with Gasteiger partial charge in [-0.05, 0) is 54.7 Å². The predicted octanol–water partition coefficient (Wildman–Crippen LogP) is 5.00. The maximum absolute atomic E-state index is 13.8. The first-order valence-electron chi connectivity index (χ1n) is 12.7. The first-order chi connectivity index (χ1) is 16.5. The number of hydrogen-bond acceptors (Lipinski definition) is 3. The minimum atomic E-state index is -0.321.